The van der Waals surface area contributed by atoms with Gasteiger partial charge in [0.15, 0.2) is 0 Å². The third-order valence-corrected chi connectivity index (χ3v) is 5.62. The van der Waals surface area contributed by atoms with Gasteiger partial charge in [0, 0.05) is 18.3 Å². The number of nitrogens with zero attached hydrogens (tertiary/aromatic N) is 1. The molecule has 0 unspecified atom stereocenters. The van der Waals surface area contributed by atoms with Crippen LogP contribution in [0.15, 0.2) is 36.4 Å². The van der Waals surface area contributed by atoms with E-state index in [0.717, 1.165) is 12.3 Å². The number of alkyl halides is 3. The van der Waals surface area contributed by atoms with Crippen molar-refractivity contribution in [3.63, 3.8) is 0 Å². The number of pyridine rings is 1. The maximum absolute atomic E-state index is 13.1. The molecule has 2 N–H and O–H groups in total. The van der Waals surface area contributed by atoms with Crippen LogP contribution in [0.3, 0.4) is 0 Å². The summed E-state index contributed by atoms with van der Waals surface area (Å²) in [7, 11) is -3.48. The smallest absolute Gasteiger partial charge is 0.348 e. The number of nitrogens with one attached hydrogen (secondary N) is 2. The van der Waals surface area contributed by atoms with Crippen LogP contribution in [0.4, 0.5) is 18.9 Å². The van der Waals surface area contributed by atoms with Crippen molar-refractivity contribution in [1.82, 2.24) is 10.3 Å². The Morgan fingerprint density at radius 1 is 1.15 bits per heavy atom. The Hall–Kier alpha value is -2.59. The summed E-state index contributed by atoms with van der Waals surface area (Å²) in [6.45, 7) is 3.89. The van der Waals surface area contributed by atoms with Gasteiger partial charge in [-0.3, -0.25) is 9.52 Å². The van der Waals surface area contributed by atoms with E-state index in [0.29, 0.717) is 48.1 Å². The van der Waals surface area contributed by atoms with Gasteiger partial charge in [0.05, 0.1) is 17.0 Å². The predicted octanol–water partition coefficient (Wildman–Crippen LogP) is 5.58. The molecule has 2 rings (SSSR count). The predicted molar refractivity (Wildman–Crippen MR) is 128 cm³/mol. The van der Waals surface area contributed by atoms with Gasteiger partial charge < -0.3 is 5.32 Å². The lowest BCUT2D eigenvalue weighted by atomic mass is 9.96. The Labute approximate surface area is 202 Å². The molecule has 0 spiro atoms. The van der Waals surface area contributed by atoms with E-state index >= 15 is 0 Å². The first-order chi connectivity index (χ1) is 15.8. The Bertz CT molecular complexity index is 1170. The number of sulfonamides is 1. The number of carbonyl (C=O) groups excluding carboxylic acids is 1. The summed E-state index contributed by atoms with van der Waals surface area (Å²) in [6, 6.07) is 6.96. The number of amides is 1. The van der Waals surface area contributed by atoms with Crippen LogP contribution < -0.4 is 10.0 Å². The summed E-state index contributed by atoms with van der Waals surface area (Å²) in [6.07, 6.45) is 0.00171. The normalized spacial score (nSPS) is 12.5. The summed E-state index contributed by atoms with van der Waals surface area (Å²) in [4.78, 5) is 16.4. The largest absolute Gasteiger partial charge is 0.433 e. The van der Waals surface area contributed by atoms with Crippen LogP contribution in [0.2, 0.25) is 5.02 Å². The summed E-state index contributed by atoms with van der Waals surface area (Å²) < 4.78 is 64.4. The molecule has 1 aromatic heterocycles. The number of carbonyl (C=O) groups is 1. The van der Waals surface area contributed by atoms with Crippen LogP contribution in [-0.4, -0.2) is 25.6 Å². The monoisotopic (exact) mass is 517 g/mol. The first-order valence-corrected chi connectivity index (χ1v) is 12.9. The van der Waals surface area contributed by atoms with Gasteiger partial charge in [0.1, 0.15) is 5.69 Å². The van der Waals surface area contributed by atoms with Gasteiger partial charge in [-0.1, -0.05) is 50.4 Å². The van der Waals surface area contributed by atoms with Gasteiger partial charge in [0.2, 0.25) is 15.9 Å². The minimum Gasteiger partial charge on any atom is -0.348 e. The number of aryl methyl sites for hydroxylation is 1. The van der Waals surface area contributed by atoms with Crippen molar-refractivity contribution in [3.8, 4) is 0 Å². The highest BCUT2D eigenvalue weighted by Crippen LogP contribution is 2.31. The van der Waals surface area contributed by atoms with Crippen molar-refractivity contribution in [2.45, 2.75) is 52.3 Å². The summed E-state index contributed by atoms with van der Waals surface area (Å²) >= 11 is 6.11. The van der Waals surface area contributed by atoms with E-state index in [1.807, 2.05) is 13.8 Å². The third-order valence-electron chi connectivity index (χ3n) is 4.72. The van der Waals surface area contributed by atoms with Crippen molar-refractivity contribution in [2.24, 2.45) is 0 Å². The van der Waals surface area contributed by atoms with Gasteiger partial charge >= 0.3 is 6.18 Å². The molecule has 0 saturated carbocycles. The Kier molecular flexibility index (Phi) is 9.52. The van der Waals surface area contributed by atoms with Crippen molar-refractivity contribution in [2.75, 3.05) is 11.0 Å². The van der Waals surface area contributed by atoms with E-state index < -0.39 is 27.8 Å². The average Bonchev–Trinajstić information content (AvgIpc) is 2.72. The number of hydrogen-bond acceptors (Lipinski definition) is 4. The number of benzene rings is 1. The van der Waals surface area contributed by atoms with E-state index in [2.05, 4.69) is 15.0 Å². The quantitative estimate of drug-likeness (QED) is 0.403. The number of aromatic nitrogens is 1. The van der Waals surface area contributed by atoms with E-state index in [-0.39, 0.29) is 17.3 Å². The molecule has 11 heteroatoms. The van der Waals surface area contributed by atoms with Crippen LogP contribution in [-0.2, 0) is 34.0 Å². The maximum Gasteiger partial charge on any atom is 0.433 e. The minimum absolute atomic E-state index is 0.126. The molecule has 0 aliphatic rings. The first kappa shape index (κ1) is 27.7. The second-order valence-corrected chi connectivity index (χ2v) is 9.92. The highest BCUT2D eigenvalue weighted by Gasteiger charge is 2.33. The molecule has 0 bridgehead atoms. The van der Waals surface area contributed by atoms with E-state index in [1.165, 1.54) is 24.3 Å². The number of rotatable bonds is 10. The van der Waals surface area contributed by atoms with Crippen LogP contribution in [0, 0.1) is 0 Å². The maximum atomic E-state index is 13.1. The number of allylic oxidation sites excluding steroid dienone is 1. The number of hydrogen-bond donors (Lipinski definition) is 2. The molecule has 0 saturated heterocycles. The van der Waals surface area contributed by atoms with Gasteiger partial charge in [-0.05, 0) is 47.7 Å². The van der Waals surface area contributed by atoms with E-state index in [4.69, 9.17) is 11.6 Å². The van der Waals surface area contributed by atoms with Crippen LogP contribution in [0.5, 0.6) is 0 Å². The molecule has 1 heterocycles. The summed E-state index contributed by atoms with van der Waals surface area (Å²) in [5, 5.41) is 2.91. The Balaban J connectivity index is 2.23. The SMILES string of the molecule is CCC/C(=C/C(=O)NCc1ccc(NS(C)(=O)=O)c(Cl)c1)c1ccc(C(F)(F)F)nc1CCC. The van der Waals surface area contributed by atoms with Crippen LogP contribution in [0.1, 0.15) is 55.6 Å². The van der Waals surface area contributed by atoms with Gasteiger partial charge in [-0.2, -0.15) is 13.2 Å². The van der Waals surface area contributed by atoms with E-state index in [1.54, 1.807) is 6.07 Å². The zero-order chi connectivity index (χ0) is 25.5. The molecular weight excluding hydrogens is 491 g/mol. The fourth-order valence-electron chi connectivity index (χ4n) is 3.28. The highest BCUT2D eigenvalue weighted by atomic mass is 35.5. The fraction of sp³-hybridized carbons (Fsp3) is 0.391. The standard InChI is InChI=1S/C23H27ClF3N3O3S/c1-4-6-16(17-9-11-21(23(25,26)27)29-19(17)7-5-2)13-22(31)28-14-15-8-10-20(18(24)12-15)30-34(3,32)33/h8-13,30H,4-7,14H2,1-3H3,(H,28,31)/b16-13-. The molecule has 0 aliphatic heterocycles. The topological polar surface area (TPSA) is 88.2 Å². The second-order valence-electron chi connectivity index (χ2n) is 7.76. The second kappa shape index (κ2) is 11.7. The lowest BCUT2D eigenvalue weighted by Crippen LogP contribution is -2.21. The zero-order valence-corrected chi connectivity index (χ0v) is 20.7. The molecule has 0 atom stereocenters. The molecular formula is C23H27ClF3N3O3S. The van der Waals surface area contributed by atoms with Crippen molar-refractivity contribution >= 4 is 38.8 Å². The molecule has 186 valence electrons. The Morgan fingerprint density at radius 3 is 2.41 bits per heavy atom. The van der Waals surface area contributed by atoms with Crippen molar-refractivity contribution < 1.29 is 26.4 Å². The number of halogens is 4. The lowest BCUT2D eigenvalue weighted by molar-refractivity contribution is -0.141. The minimum atomic E-state index is -4.54. The Morgan fingerprint density at radius 2 is 1.85 bits per heavy atom. The van der Waals surface area contributed by atoms with Gasteiger partial charge in [-0.15, -0.1) is 0 Å². The van der Waals surface area contributed by atoms with Crippen LogP contribution >= 0.6 is 11.6 Å². The first-order valence-electron chi connectivity index (χ1n) is 10.7. The van der Waals surface area contributed by atoms with Crippen molar-refractivity contribution in [3.05, 3.63) is 63.9 Å². The van der Waals surface area contributed by atoms with Crippen LogP contribution in [0.25, 0.3) is 5.57 Å². The molecule has 1 aromatic carbocycles. The average molecular weight is 518 g/mol. The fourth-order valence-corrected chi connectivity index (χ4v) is 4.17. The highest BCUT2D eigenvalue weighted by molar-refractivity contribution is 7.92. The molecule has 2 aromatic rings. The molecule has 0 fully saturated rings. The molecule has 34 heavy (non-hydrogen) atoms. The summed E-state index contributed by atoms with van der Waals surface area (Å²) in [5.41, 5.74) is 1.37. The third kappa shape index (κ3) is 8.32. The summed E-state index contributed by atoms with van der Waals surface area (Å²) in [5.74, 6) is -0.416. The number of anilines is 1. The van der Waals surface area contributed by atoms with Gasteiger partial charge in [0.25, 0.3) is 0 Å². The molecule has 1 amide bonds. The van der Waals surface area contributed by atoms with E-state index in [9.17, 15) is 26.4 Å². The van der Waals surface area contributed by atoms with Crippen molar-refractivity contribution in [1.29, 1.82) is 0 Å². The molecule has 6 nitrogen and oxygen atoms in total. The van der Waals surface area contributed by atoms with Gasteiger partial charge in [-0.25, -0.2) is 13.4 Å². The zero-order valence-electron chi connectivity index (χ0n) is 19.1. The molecule has 0 aliphatic carbocycles. The molecule has 0 radical (unpaired) electrons. The lowest BCUT2D eigenvalue weighted by Gasteiger charge is -2.15.